The molecule has 1 heterocycles. The van der Waals surface area contributed by atoms with E-state index in [1.807, 2.05) is 18.4 Å². The molecule has 0 amide bonds. The smallest absolute Gasteiger partial charge is 0.0781 e. The summed E-state index contributed by atoms with van der Waals surface area (Å²) in [6.07, 6.45) is 6.27. The fourth-order valence-electron chi connectivity index (χ4n) is 0.929. The zero-order chi connectivity index (χ0) is 9.03. The van der Waals surface area contributed by atoms with Crippen LogP contribution >= 0.6 is 31.9 Å². The summed E-state index contributed by atoms with van der Waals surface area (Å²) in [7, 11) is 0. The highest BCUT2D eigenvalue weighted by molar-refractivity contribution is 9.11. The van der Waals surface area contributed by atoms with E-state index in [4.69, 9.17) is 5.26 Å². The van der Waals surface area contributed by atoms with Gasteiger partial charge in [0.25, 0.3) is 0 Å². The van der Waals surface area contributed by atoms with Crippen molar-refractivity contribution in [1.29, 1.82) is 5.26 Å². The Labute approximate surface area is 88.6 Å². The zero-order valence-corrected chi connectivity index (χ0v) is 9.52. The second kappa shape index (κ2) is 4.11. The molecule has 0 saturated carbocycles. The van der Waals surface area contributed by atoms with E-state index in [0.717, 1.165) is 9.81 Å². The van der Waals surface area contributed by atoms with E-state index in [-0.39, 0.29) is 5.54 Å². The molecule has 1 rings (SSSR count). The summed E-state index contributed by atoms with van der Waals surface area (Å²) in [6.45, 7) is 0. The number of allylic oxidation sites excluding steroid dienone is 2. The van der Waals surface area contributed by atoms with Crippen LogP contribution in [0.25, 0.3) is 0 Å². The maximum Gasteiger partial charge on any atom is 0.0781 e. The Morgan fingerprint density at radius 3 is 2.83 bits per heavy atom. The van der Waals surface area contributed by atoms with Gasteiger partial charge in [-0.1, -0.05) is 22.0 Å². The normalized spacial score (nSPS) is 27.2. The third-order valence-corrected chi connectivity index (χ3v) is 3.19. The van der Waals surface area contributed by atoms with Gasteiger partial charge in [0.15, 0.2) is 0 Å². The number of alkyl halides is 1. The Bertz CT molecular complexity index is 265. The van der Waals surface area contributed by atoms with Crippen molar-refractivity contribution in [1.82, 2.24) is 5.32 Å². The number of hydrogen-bond acceptors (Lipinski definition) is 2. The van der Waals surface area contributed by atoms with Crippen LogP contribution in [-0.4, -0.2) is 10.9 Å². The molecule has 0 aromatic heterocycles. The highest BCUT2D eigenvalue weighted by Crippen LogP contribution is 2.22. The molecule has 1 unspecified atom stereocenters. The summed E-state index contributed by atoms with van der Waals surface area (Å²) in [5.41, 5.74) is -0.230. The van der Waals surface area contributed by atoms with Crippen LogP contribution in [0.5, 0.6) is 0 Å². The molecule has 0 radical (unpaired) electrons. The Hall–Kier alpha value is -0.270. The summed E-state index contributed by atoms with van der Waals surface area (Å²) >= 11 is 6.71. The van der Waals surface area contributed by atoms with Crippen molar-refractivity contribution in [2.24, 2.45) is 0 Å². The molecule has 1 aliphatic heterocycles. The van der Waals surface area contributed by atoms with Crippen LogP contribution in [0.2, 0.25) is 0 Å². The van der Waals surface area contributed by atoms with Gasteiger partial charge in [0.1, 0.15) is 0 Å². The lowest BCUT2D eigenvalue weighted by Crippen LogP contribution is -2.43. The third kappa shape index (κ3) is 2.11. The molecule has 0 bridgehead atoms. The van der Waals surface area contributed by atoms with E-state index >= 15 is 0 Å². The fraction of sp³-hybridized carbons (Fsp3) is 0.375. The summed E-state index contributed by atoms with van der Waals surface area (Å²) in [4.78, 5) is 0. The molecular weight excluding hydrogens is 284 g/mol. The van der Waals surface area contributed by atoms with Crippen LogP contribution in [0.15, 0.2) is 22.8 Å². The quantitative estimate of drug-likeness (QED) is 0.793. The molecule has 1 N–H and O–H groups in total. The Kier molecular flexibility index (Phi) is 3.36. The van der Waals surface area contributed by atoms with Crippen LogP contribution in [-0.2, 0) is 0 Å². The number of nitrogens with one attached hydrogen (secondary N) is 1. The van der Waals surface area contributed by atoms with Gasteiger partial charge < -0.3 is 5.32 Å². The number of rotatable bonds is 2. The second-order valence-electron chi connectivity index (χ2n) is 2.63. The highest BCUT2D eigenvalue weighted by atomic mass is 79.9. The molecule has 0 aromatic rings. The highest BCUT2D eigenvalue weighted by Gasteiger charge is 2.25. The van der Waals surface area contributed by atoms with E-state index in [9.17, 15) is 0 Å². The lowest BCUT2D eigenvalue weighted by molar-refractivity contribution is 0.519. The van der Waals surface area contributed by atoms with E-state index < -0.39 is 0 Å². The number of halogens is 2. The predicted octanol–water partition coefficient (Wildman–Crippen LogP) is 2.43. The first kappa shape index (κ1) is 9.82. The van der Waals surface area contributed by atoms with E-state index in [2.05, 4.69) is 43.2 Å². The van der Waals surface area contributed by atoms with Crippen molar-refractivity contribution in [2.45, 2.75) is 12.0 Å². The van der Waals surface area contributed by atoms with Gasteiger partial charge in [-0.3, -0.25) is 0 Å². The summed E-state index contributed by atoms with van der Waals surface area (Å²) in [6, 6.07) is 2.16. The monoisotopic (exact) mass is 290 g/mol. The molecule has 1 aliphatic rings. The SMILES string of the molecule is N#CCC1(CBr)C=CC(Br)=CN1. The van der Waals surface area contributed by atoms with Gasteiger partial charge in [0.05, 0.1) is 18.0 Å². The van der Waals surface area contributed by atoms with Crippen molar-refractivity contribution < 1.29 is 0 Å². The molecule has 0 spiro atoms. The van der Waals surface area contributed by atoms with Crippen molar-refractivity contribution in [2.75, 3.05) is 5.33 Å². The maximum atomic E-state index is 8.60. The van der Waals surface area contributed by atoms with E-state index in [1.165, 1.54) is 0 Å². The van der Waals surface area contributed by atoms with Gasteiger partial charge in [-0.2, -0.15) is 5.26 Å². The molecule has 12 heavy (non-hydrogen) atoms. The van der Waals surface area contributed by atoms with Gasteiger partial charge in [-0.05, 0) is 22.0 Å². The lowest BCUT2D eigenvalue weighted by Gasteiger charge is -2.29. The number of hydrogen-bond donors (Lipinski definition) is 1. The molecule has 2 nitrogen and oxygen atoms in total. The van der Waals surface area contributed by atoms with Crippen LogP contribution in [0, 0.1) is 11.3 Å². The van der Waals surface area contributed by atoms with Crippen molar-refractivity contribution in [3.05, 3.63) is 22.8 Å². The summed E-state index contributed by atoms with van der Waals surface area (Å²) in [5.74, 6) is 0. The van der Waals surface area contributed by atoms with Crippen molar-refractivity contribution >= 4 is 31.9 Å². The fourth-order valence-corrected chi connectivity index (χ4v) is 1.72. The second-order valence-corrected chi connectivity index (χ2v) is 4.11. The topological polar surface area (TPSA) is 35.8 Å². The molecule has 64 valence electrons. The molecule has 0 aromatic carbocycles. The summed E-state index contributed by atoms with van der Waals surface area (Å²) < 4.78 is 0.997. The number of nitrogens with zero attached hydrogens (tertiary/aromatic N) is 1. The van der Waals surface area contributed by atoms with E-state index in [0.29, 0.717) is 6.42 Å². The Balaban J connectivity index is 2.74. The van der Waals surface area contributed by atoms with Crippen LogP contribution in [0.4, 0.5) is 0 Å². The molecule has 0 saturated heterocycles. The Morgan fingerprint density at radius 1 is 1.67 bits per heavy atom. The minimum atomic E-state index is -0.230. The van der Waals surface area contributed by atoms with Crippen LogP contribution < -0.4 is 5.32 Å². The molecular formula is C8H8Br2N2. The average Bonchev–Trinajstić information content (AvgIpc) is 2.10. The largest absolute Gasteiger partial charge is 0.379 e. The standard InChI is InChI=1S/C8H8Br2N2/c9-6-8(3-4-11)2-1-7(10)5-12-8/h1-2,5,12H,3,6H2. The van der Waals surface area contributed by atoms with Gasteiger partial charge in [-0.25, -0.2) is 0 Å². The molecule has 4 heteroatoms. The first-order chi connectivity index (χ1) is 5.72. The first-order valence-electron chi connectivity index (χ1n) is 3.48. The summed E-state index contributed by atoms with van der Waals surface area (Å²) in [5, 5.41) is 12.5. The van der Waals surface area contributed by atoms with Gasteiger partial charge >= 0.3 is 0 Å². The Morgan fingerprint density at radius 2 is 2.42 bits per heavy atom. The zero-order valence-electron chi connectivity index (χ0n) is 6.35. The average molecular weight is 292 g/mol. The van der Waals surface area contributed by atoms with Crippen molar-refractivity contribution in [3.8, 4) is 6.07 Å². The van der Waals surface area contributed by atoms with Gasteiger partial charge in [-0.15, -0.1) is 0 Å². The van der Waals surface area contributed by atoms with Gasteiger partial charge in [0.2, 0.25) is 0 Å². The maximum absolute atomic E-state index is 8.60. The molecule has 0 aliphatic carbocycles. The van der Waals surface area contributed by atoms with E-state index in [1.54, 1.807) is 0 Å². The first-order valence-corrected chi connectivity index (χ1v) is 5.39. The minimum absolute atomic E-state index is 0.230. The van der Waals surface area contributed by atoms with Crippen LogP contribution in [0.3, 0.4) is 0 Å². The third-order valence-electron chi connectivity index (χ3n) is 1.69. The molecule has 1 atom stereocenters. The predicted molar refractivity (Wildman–Crippen MR) is 56.0 cm³/mol. The number of nitriles is 1. The van der Waals surface area contributed by atoms with Gasteiger partial charge in [0, 0.05) is 16.0 Å². The lowest BCUT2D eigenvalue weighted by atomic mass is 9.96. The van der Waals surface area contributed by atoms with Crippen molar-refractivity contribution in [3.63, 3.8) is 0 Å². The number of dihydropyridines is 1. The van der Waals surface area contributed by atoms with Crippen LogP contribution in [0.1, 0.15) is 6.42 Å². The minimum Gasteiger partial charge on any atom is -0.379 e. The molecule has 0 fully saturated rings.